The summed E-state index contributed by atoms with van der Waals surface area (Å²) in [6.07, 6.45) is 9.36. The van der Waals surface area contributed by atoms with E-state index >= 15 is 0 Å². The Bertz CT molecular complexity index is 596. The molecule has 24 heavy (non-hydrogen) atoms. The Morgan fingerprint density at radius 2 is 2.00 bits per heavy atom. The van der Waals surface area contributed by atoms with Crippen LogP contribution in [0.3, 0.4) is 0 Å². The van der Waals surface area contributed by atoms with Gasteiger partial charge in [-0.1, -0.05) is 26.7 Å². The fourth-order valence-electron chi connectivity index (χ4n) is 4.96. The van der Waals surface area contributed by atoms with Gasteiger partial charge in [-0.05, 0) is 43.9 Å². The Morgan fingerprint density at radius 3 is 2.62 bits per heavy atom. The van der Waals surface area contributed by atoms with E-state index in [1.165, 1.54) is 38.5 Å². The van der Waals surface area contributed by atoms with Crippen molar-refractivity contribution in [1.29, 1.82) is 0 Å². The van der Waals surface area contributed by atoms with Crippen LogP contribution >= 0.6 is 0 Å². The lowest BCUT2D eigenvalue weighted by Crippen LogP contribution is -2.35. The second kappa shape index (κ2) is 6.16. The predicted octanol–water partition coefficient (Wildman–Crippen LogP) is 3.60. The summed E-state index contributed by atoms with van der Waals surface area (Å²) in [5.74, 6) is 3.51. The van der Waals surface area contributed by atoms with Crippen molar-refractivity contribution >= 4 is 5.91 Å². The molecule has 3 fully saturated rings. The molecule has 2 aliphatic carbocycles. The van der Waals surface area contributed by atoms with E-state index in [9.17, 15) is 4.79 Å². The second-order valence-electron chi connectivity index (χ2n) is 8.21. The van der Waals surface area contributed by atoms with Crippen LogP contribution in [-0.4, -0.2) is 39.1 Å². The topological polar surface area (TPSA) is 61.9 Å². The Balaban J connectivity index is 1.58. The van der Waals surface area contributed by atoms with E-state index in [0.717, 1.165) is 37.6 Å². The monoisotopic (exact) mass is 330 g/mol. The number of likely N-dealkylation sites (tertiary alicyclic amines) is 1. The molecule has 132 valence electrons. The SMILES string of the molecule is CCC(CC)C(=O)N1CC(c2nc(C3CC3)n[nH]2)C2(CCCC2)C1. The number of rotatable bonds is 5. The summed E-state index contributed by atoms with van der Waals surface area (Å²) in [7, 11) is 0. The number of hydrogen-bond acceptors (Lipinski definition) is 3. The summed E-state index contributed by atoms with van der Waals surface area (Å²) >= 11 is 0. The van der Waals surface area contributed by atoms with Gasteiger partial charge in [0.15, 0.2) is 5.82 Å². The highest BCUT2D eigenvalue weighted by atomic mass is 16.2. The summed E-state index contributed by atoms with van der Waals surface area (Å²) in [4.78, 5) is 19.9. The minimum atomic E-state index is 0.180. The van der Waals surface area contributed by atoms with Crippen LogP contribution in [0.2, 0.25) is 0 Å². The molecule has 4 rings (SSSR count). The zero-order valence-corrected chi connectivity index (χ0v) is 15.1. The van der Waals surface area contributed by atoms with E-state index in [4.69, 9.17) is 4.98 Å². The van der Waals surface area contributed by atoms with Crippen LogP contribution in [0, 0.1) is 11.3 Å². The molecule has 1 spiro atoms. The molecule has 1 aromatic rings. The number of nitrogens with one attached hydrogen (secondary N) is 1. The molecular formula is C19H30N4O. The Labute approximate surface area is 144 Å². The van der Waals surface area contributed by atoms with Crippen molar-refractivity contribution in [2.75, 3.05) is 13.1 Å². The summed E-state index contributed by atoms with van der Waals surface area (Å²) in [6, 6.07) is 0. The van der Waals surface area contributed by atoms with Crippen LogP contribution in [0.25, 0.3) is 0 Å². The van der Waals surface area contributed by atoms with Gasteiger partial charge in [0, 0.05) is 30.8 Å². The molecule has 1 atom stereocenters. The number of H-pyrrole nitrogens is 1. The minimum Gasteiger partial charge on any atom is -0.341 e. The molecule has 5 nitrogen and oxygen atoms in total. The predicted molar refractivity (Wildman–Crippen MR) is 92.7 cm³/mol. The van der Waals surface area contributed by atoms with E-state index in [-0.39, 0.29) is 11.3 Å². The highest BCUT2D eigenvalue weighted by Gasteiger charge is 2.51. The van der Waals surface area contributed by atoms with Gasteiger partial charge in [-0.3, -0.25) is 9.89 Å². The molecule has 1 aliphatic heterocycles. The maximum absolute atomic E-state index is 12.9. The smallest absolute Gasteiger partial charge is 0.225 e. The van der Waals surface area contributed by atoms with Gasteiger partial charge < -0.3 is 4.90 Å². The summed E-state index contributed by atoms with van der Waals surface area (Å²) in [6.45, 7) is 6.01. The number of aromatic nitrogens is 3. The summed E-state index contributed by atoms with van der Waals surface area (Å²) in [5, 5.41) is 7.71. The molecule has 5 heteroatoms. The van der Waals surface area contributed by atoms with Crippen LogP contribution in [0.1, 0.15) is 88.7 Å². The number of nitrogens with zero attached hydrogens (tertiary/aromatic N) is 3. The number of carbonyl (C=O) groups excluding carboxylic acids is 1. The van der Waals surface area contributed by atoms with E-state index in [2.05, 4.69) is 28.9 Å². The van der Waals surface area contributed by atoms with Gasteiger partial charge in [0.25, 0.3) is 0 Å². The minimum absolute atomic E-state index is 0.180. The van der Waals surface area contributed by atoms with Crippen molar-refractivity contribution in [3.63, 3.8) is 0 Å². The van der Waals surface area contributed by atoms with Gasteiger partial charge in [-0.25, -0.2) is 4.98 Å². The first-order valence-electron chi connectivity index (χ1n) is 9.88. The number of hydrogen-bond donors (Lipinski definition) is 1. The molecule has 3 aliphatic rings. The first kappa shape index (κ1) is 16.1. The first-order chi connectivity index (χ1) is 11.7. The average molecular weight is 330 g/mol. The maximum Gasteiger partial charge on any atom is 0.225 e. The molecule has 2 heterocycles. The molecule has 0 aromatic carbocycles. The Hall–Kier alpha value is -1.39. The van der Waals surface area contributed by atoms with E-state index < -0.39 is 0 Å². The van der Waals surface area contributed by atoms with Crippen LogP contribution in [-0.2, 0) is 4.79 Å². The van der Waals surface area contributed by atoms with Crippen LogP contribution < -0.4 is 0 Å². The van der Waals surface area contributed by atoms with Gasteiger partial charge in [0.2, 0.25) is 5.91 Å². The molecule has 2 saturated carbocycles. The standard InChI is InChI=1S/C19H30N4O/c1-3-13(4-2)18(24)23-11-15(19(12-23)9-5-6-10-19)17-20-16(21-22-17)14-7-8-14/h13-15H,3-12H2,1-2H3,(H,20,21,22). The van der Waals surface area contributed by atoms with Gasteiger partial charge in [0.05, 0.1) is 0 Å². The van der Waals surface area contributed by atoms with E-state index in [1.54, 1.807) is 0 Å². The fraction of sp³-hybridized carbons (Fsp3) is 0.842. The molecule has 1 saturated heterocycles. The second-order valence-corrected chi connectivity index (χ2v) is 8.21. The molecule has 1 unspecified atom stereocenters. The Kier molecular flexibility index (Phi) is 4.13. The van der Waals surface area contributed by atoms with Gasteiger partial charge in [-0.15, -0.1) is 0 Å². The third kappa shape index (κ3) is 2.66. The lowest BCUT2D eigenvalue weighted by atomic mass is 9.76. The molecule has 1 amide bonds. The van der Waals surface area contributed by atoms with Crippen molar-refractivity contribution in [3.8, 4) is 0 Å². The van der Waals surface area contributed by atoms with E-state index in [0.29, 0.717) is 17.7 Å². The highest BCUT2D eigenvalue weighted by Crippen LogP contribution is 2.53. The van der Waals surface area contributed by atoms with Gasteiger partial charge >= 0.3 is 0 Å². The average Bonchev–Trinajstić information content (AvgIpc) is 3.02. The van der Waals surface area contributed by atoms with Crippen molar-refractivity contribution in [2.45, 2.75) is 77.0 Å². The zero-order valence-electron chi connectivity index (χ0n) is 15.1. The van der Waals surface area contributed by atoms with Gasteiger partial charge in [-0.2, -0.15) is 5.10 Å². The molecule has 0 radical (unpaired) electrons. The number of carbonyl (C=O) groups is 1. The van der Waals surface area contributed by atoms with E-state index in [1.807, 2.05) is 0 Å². The van der Waals surface area contributed by atoms with Crippen molar-refractivity contribution in [3.05, 3.63) is 11.6 Å². The summed E-state index contributed by atoms with van der Waals surface area (Å²) in [5.41, 5.74) is 0.238. The Morgan fingerprint density at radius 1 is 1.29 bits per heavy atom. The fourth-order valence-corrected chi connectivity index (χ4v) is 4.96. The summed E-state index contributed by atoms with van der Waals surface area (Å²) < 4.78 is 0. The largest absolute Gasteiger partial charge is 0.341 e. The highest BCUT2D eigenvalue weighted by molar-refractivity contribution is 5.79. The zero-order chi connectivity index (χ0) is 16.7. The molecule has 1 aromatic heterocycles. The van der Waals surface area contributed by atoms with Crippen molar-refractivity contribution < 1.29 is 4.79 Å². The third-order valence-electron chi connectivity index (χ3n) is 6.69. The maximum atomic E-state index is 12.9. The van der Waals surface area contributed by atoms with Gasteiger partial charge in [0.1, 0.15) is 5.82 Å². The van der Waals surface area contributed by atoms with Crippen LogP contribution in [0.15, 0.2) is 0 Å². The number of amides is 1. The van der Waals surface area contributed by atoms with Crippen molar-refractivity contribution in [2.24, 2.45) is 11.3 Å². The lowest BCUT2D eigenvalue weighted by Gasteiger charge is -2.28. The van der Waals surface area contributed by atoms with Crippen molar-refractivity contribution in [1.82, 2.24) is 20.1 Å². The molecule has 1 N–H and O–H groups in total. The normalized spacial score (nSPS) is 26.0. The third-order valence-corrected chi connectivity index (χ3v) is 6.69. The molecule has 0 bridgehead atoms. The number of aromatic amines is 1. The molecular weight excluding hydrogens is 300 g/mol. The first-order valence-corrected chi connectivity index (χ1v) is 9.88. The quantitative estimate of drug-likeness (QED) is 0.897. The van der Waals surface area contributed by atoms with Crippen LogP contribution in [0.4, 0.5) is 0 Å². The van der Waals surface area contributed by atoms with Crippen LogP contribution in [0.5, 0.6) is 0 Å². The lowest BCUT2D eigenvalue weighted by molar-refractivity contribution is -0.135.